The van der Waals surface area contributed by atoms with Crippen molar-refractivity contribution < 1.29 is 23.1 Å². The van der Waals surface area contributed by atoms with E-state index in [1.165, 1.54) is 18.2 Å². The van der Waals surface area contributed by atoms with Crippen molar-refractivity contribution in [2.24, 2.45) is 0 Å². The second-order valence-electron chi connectivity index (χ2n) is 4.64. The Morgan fingerprint density at radius 1 is 1.00 bits per heavy atom. The van der Waals surface area contributed by atoms with Crippen LogP contribution >= 0.6 is 0 Å². The highest BCUT2D eigenvalue weighted by atomic mass is 19.1. The third-order valence-electron chi connectivity index (χ3n) is 3.06. The van der Waals surface area contributed by atoms with Crippen LogP contribution < -0.4 is 0 Å². The quantitative estimate of drug-likeness (QED) is 0.805. The Balaban J connectivity index is 2.29. The van der Waals surface area contributed by atoms with Crippen LogP contribution in [-0.4, -0.2) is 26.1 Å². The zero-order valence-corrected chi connectivity index (χ0v) is 11.4. The molecule has 1 N–H and O–H groups in total. The van der Waals surface area contributed by atoms with Crippen LogP contribution in [0.3, 0.4) is 0 Å². The second-order valence-corrected chi connectivity index (χ2v) is 4.64. The summed E-state index contributed by atoms with van der Waals surface area (Å²) >= 11 is 0. The van der Waals surface area contributed by atoms with Crippen LogP contribution in [0.15, 0.2) is 42.5 Å². The van der Waals surface area contributed by atoms with Gasteiger partial charge in [0, 0.05) is 11.6 Å². The molecule has 0 fully saturated rings. The molecule has 23 heavy (non-hydrogen) atoms. The highest BCUT2D eigenvalue weighted by Crippen LogP contribution is 2.27. The number of benzene rings is 2. The molecule has 8 heteroatoms. The average molecular weight is 319 g/mol. The monoisotopic (exact) mass is 319 g/mol. The van der Waals surface area contributed by atoms with E-state index in [9.17, 15) is 23.1 Å². The summed E-state index contributed by atoms with van der Waals surface area (Å²) < 4.78 is 41.3. The predicted molar refractivity (Wildman–Crippen MR) is 73.6 cm³/mol. The molecule has 1 aromatic heterocycles. The van der Waals surface area contributed by atoms with Crippen LogP contribution in [0.25, 0.3) is 16.9 Å². The maximum atomic E-state index is 13.5. The maximum absolute atomic E-state index is 13.5. The van der Waals surface area contributed by atoms with Crippen molar-refractivity contribution >= 4 is 5.97 Å². The van der Waals surface area contributed by atoms with E-state index in [1.54, 1.807) is 0 Å². The van der Waals surface area contributed by atoms with Gasteiger partial charge in [0.05, 0.1) is 5.69 Å². The molecule has 0 amide bonds. The molecule has 0 aliphatic rings. The number of nitrogens with zero attached hydrogens (tertiary/aromatic N) is 3. The smallest absolute Gasteiger partial charge is 0.358 e. The molecule has 5 nitrogen and oxygen atoms in total. The summed E-state index contributed by atoms with van der Waals surface area (Å²) in [5, 5.41) is 16.4. The van der Waals surface area contributed by atoms with E-state index >= 15 is 0 Å². The fraction of sp³-hybridized carbons (Fsp3) is 0. The molecule has 3 rings (SSSR count). The summed E-state index contributed by atoms with van der Waals surface area (Å²) in [6, 6.07) is 7.69. The first-order valence-electron chi connectivity index (χ1n) is 6.37. The number of carboxylic acids is 1. The number of hydrogen-bond acceptors (Lipinski definition) is 3. The standard InChI is InChI=1S/C15H8F3N3O2/c16-9-2-1-3-12(7-9)21-14(13(15(22)23)19-20-21)8-4-10(17)6-11(18)5-8/h1-7H,(H,22,23). The zero-order valence-electron chi connectivity index (χ0n) is 11.4. The van der Waals surface area contributed by atoms with Gasteiger partial charge >= 0.3 is 5.97 Å². The lowest BCUT2D eigenvalue weighted by Crippen LogP contribution is -2.04. The van der Waals surface area contributed by atoms with Gasteiger partial charge in [-0.1, -0.05) is 11.3 Å². The fourth-order valence-electron chi connectivity index (χ4n) is 2.16. The molecule has 0 aliphatic heterocycles. The van der Waals surface area contributed by atoms with E-state index in [0.29, 0.717) is 6.07 Å². The molecule has 0 saturated heterocycles. The minimum Gasteiger partial charge on any atom is -0.476 e. The number of hydrogen-bond donors (Lipinski definition) is 1. The van der Waals surface area contributed by atoms with Gasteiger partial charge in [-0.15, -0.1) is 5.10 Å². The molecule has 0 unspecified atom stereocenters. The van der Waals surface area contributed by atoms with Crippen LogP contribution in [0.1, 0.15) is 10.5 Å². The Morgan fingerprint density at radius 3 is 2.30 bits per heavy atom. The van der Waals surface area contributed by atoms with Gasteiger partial charge < -0.3 is 5.11 Å². The van der Waals surface area contributed by atoms with E-state index in [-0.39, 0.29) is 16.9 Å². The van der Waals surface area contributed by atoms with Crippen molar-refractivity contribution in [3.63, 3.8) is 0 Å². The van der Waals surface area contributed by atoms with Crippen molar-refractivity contribution in [1.82, 2.24) is 15.0 Å². The molecule has 116 valence electrons. The molecule has 0 saturated carbocycles. The third-order valence-corrected chi connectivity index (χ3v) is 3.06. The van der Waals surface area contributed by atoms with Crippen molar-refractivity contribution in [3.8, 4) is 16.9 Å². The summed E-state index contributed by atoms with van der Waals surface area (Å²) in [6.45, 7) is 0. The number of halogens is 3. The summed E-state index contributed by atoms with van der Waals surface area (Å²) in [4.78, 5) is 11.3. The normalized spacial score (nSPS) is 10.7. The molecule has 0 bridgehead atoms. The Hall–Kier alpha value is -3.16. The third kappa shape index (κ3) is 2.78. The van der Waals surface area contributed by atoms with Gasteiger partial charge in [-0.25, -0.2) is 22.6 Å². The molecule has 0 aliphatic carbocycles. The first-order chi connectivity index (χ1) is 11.0. The van der Waals surface area contributed by atoms with E-state index in [2.05, 4.69) is 10.3 Å². The van der Waals surface area contributed by atoms with E-state index in [4.69, 9.17) is 0 Å². The number of rotatable bonds is 3. The molecular formula is C15H8F3N3O2. The molecule has 0 radical (unpaired) electrons. The van der Waals surface area contributed by atoms with Crippen molar-refractivity contribution in [2.45, 2.75) is 0 Å². The number of aromatic nitrogens is 3. The highest BCUT2D eigenvalue weighted by Gasteiger charge is 2.22. The van der Waals surface area contributed by atoms with Crippen LogP contribution in [-0.2, 0) is 0 Å². The molecule has 0 atom stereocenters. The van der Waals surface area contributed by atoms with Gasteiger partial charge in [0.25, 0.3) is 0 Å². The molecular weight excluding hydrogens is 311 g/mol. The highest BCUT2D eigenvalue weighted by molar-refractivity contribution is 5.93. The van der Waals surface area contributed by atoms with E-state index in [1.807, 2.05) is 0 Å². The Labute approximate surface area is 127 Å². The molecule has 0 spiro atoms. The lowest BCUT2D eigenvalue weighted by atomic mass is 10.1. The molecule has 3 aromatic rings. The van der Waals surface area contributed by atoms with Crippen LogP contribution in [0.4, 0.5) is 13.2 Å². The number of aromatic carboxylic acids is 1. The van der Waals surface area contributed by atoms with Crippen LogP contribution in [0, 0.1) is 17.5 Å². The minimum absolute atomic E-state index is 0.0749. The fourth-order valence-corrected chi connectivity index (χ4v) is 2.16. The average Bonchev–Trinajstić information content (AvgIpc) is 2.91. The molecule has 1 heterocycles. The zero-order chi connectivity index (χ0) is 16.6. The van der Waals surface area contributed by atoms with Gasteiger partial charge in [-0.3, -0.25) is 0 Å². The van der Waals surface area contributed by atoms with Crippen molar-refractivity contribution in [2.75, 3.05) is 0 Å². The first kappa shape index (κ1) is 14.8. The summed E-state index contributed by atoms with van der Waals surface area (Å²) in [5.74, 6) is -3.77. The number of carboxylic acid groups (broad SMARTS) is 1. The van der Waals surface area contributed by atoms with Gasteiger partial charge in [-0.05, 0) is 30.3 Å². The van der Waals surface area contributed by atoms with Crippen molar-refractivity contribution in [3.05, 3.63) is 65.6 Å². The topological polar surface area (TPSA) is 68.0 Å². The Kier molecular flexibility index (Phi) is 3.57. The number of carbonyl (C=O) groups is 1. The van der Waals surface area contributed by atoms with Gasteiger partial charge in [0.15, 0.2) is 5.69 Å². The summed E-state index contributed by atoms with van der Waals surface area (Å²) in [7, 11) is 0. The van der Waals surface area contributed by atoms with Gasteiger partial charge in [0.2, 0.25) is 0 Å². The van der Waals surface area contributed by atoms with Crippen molar-refractivity contribution in [1.29, 1.82) is 0 Å². The van der Waals surface area contributed by atoms with Crippen LogP contribution in [0.2, 0.25) is 0 Å². The lowest BCUT2D eigenvalue weighted by Gasteiger charge is -2.08. The summed E-state index contributed by atoms with van der Waals surface area (Å²) in [6.07, 6.45) is 0. The Morgan fingerprint density at radius 2 is 1.70 bits per heavy atom. The largest absolute Gasteiger partial charge is 0.476 e. The SMILES string of the molecule is O=C(O)c1nnn(-c2cccc(F)c2)c1-c1cc(F)cc(F)c1. The predicted octanol–water partition coefficient (Wildman–Crippen LogP) is 3.05. The molecule has 2 aromatic carbocycles. The first-order valence-corrected chi connectivity index (χ1v) is 6.37. The minimum atomic E-state index is -1.42. The van der Waals surface area contributed by atoms with Gasteiger partial charge in [-0.2, -0.15) is 0 Å². The van der Waals surface area contributed by atoms with E-state index < -0.39 is 29.1 Å². The van der Waals surface area contributed by atoms with E-state index in [0.717, 1.165) is 22.9 Å². The van der Waals surface area contributed by atoms with Gasteiger partial charge in [0.1, 0.15) is 23.1 Å². The summed E-state index contributed by atoms with van der Waals surface area (Å²) in [5.41, 5.74) is -0.556. The Bertz CT molecular complexity index is 888. The second kappa shape index (κ2) is 5.56. The maximum Gasteiger partial charge on any atom is 0.358 e. The lowest BCUT2D eigenvalue weighted by molar-refractivity contribution is 0.0691. The van der Waals surface area contributed by atoms with Crippen LogP contribution in [0.5, 0.6) is 0 Å².